The number of hydrogen-bond acceptors (Lipinski definition) is 4. The molecule has 1 aliphatic heterocycles. The summed E-state index contributed by atoms with van der Waals surface area (Å²) >= 11 is 1.57. The zero-order valence-corrected chi connectivity index (χ0v) is 14.0. The molecule has 0 unspecified atom stereocenters. The van der Waals surface area contributed by atoms with E-state index in [9.17, 15) is 4.79 Å². The standard InChI is InChI=1S/C17H22N2OS/c1-5-6-7-19-17(21-14(4)18-19)11-16(20)15-9-12(2)8-13(3)10-15/h8-11H,5-7H2,1-4H3/b17-11-. The molecule has 1 aromatic rings. The van der Waals surface area contributed by atoms with Gasteiger partial charge < -0.3 is 0 Å². The van der Waals surface area contributed by atoms with Crippen LogP contribution in [0.2, 0.25) is 0 Å². The number of benzene rings is 1. The summed E-state index contributed by atoms with van der Waals surface area (Å²) in [5.74, 6) is 0.0516. The van der Waals surface area contributed by atoms with Gasteiger partial charge in [-0.15, -0.1) is 0 Å². The monoisotopic (exact) mass is 302 g/mol. The maximum absolute atomic E-state index is 12.5. The van der Waals surface area contributed by atoms with Crippen molar-refractivity contribution in [3.8, 4) is 0 Å². The molecule has 3 nitrogen and oxygen atoms in total. The van der Waals surface area contributed by atoms with E-state index < -0.39 is 0 Å². The molecule has 0 saturated heterocycles. The number of thioether (sulfide) groups is 1. The average Bonchev–Trinajstić information content (AvgIpc) is 2.75. The molecule has 0 saturated carbocycles. The van der Waals surface area contributed by atoms with Gasteiger partial charge in [0.25, 0.3) is 0 Å². The Morgan fingerprint density at radius 2 is 1.90 bits per heavy atom. The van der Waals surface area contributed by atoms with Gasteiger partial charge in [-0.25, -0.2) is 0 Å². The van der Waals surface area contributed by atoms with Gasteiger partial charge in [0.15, 0.2) is 5.78 Å². The number of hydrogen-bond donors (Lipinski definition) is 0. The van der Waals surface area contributed by atoms with Gasteiger partial charge in [-0.1, -0.05) is 42.3 Å². The van der Waals surface area contributed by atoms with Gasteiger partial charge in [0.05, 0.1) is 5.04 Å². The van der Waals surface area contributed by atoms with Gasteiger partial charge in [-0.3, -0.25) is 9.80 Å². The summed E-state index contributed by atoms with van der Waals surface area (Å²) in [6, 6.07) is 5.96. The third-order valence-corrected chi connectivity index (χ3v) is 4.17. The summed E-state index contributed by atoms with van der Waals surface area (Å²) in [6.07, 6.45) is 3.91. The summed E-state index contributed by atoms with van der Waals surface area (Å²) in [5.41, 5.74) is 2.98. The third kappa shape index (κ3) is 4.21. The van der Waals surface area contributed by atoms with E-state index in [0.29, 0.717) is 0 Å². The van der Waals surface area contributed by atoms with Crippen molar-refractivity contribution in [3.63, 3.8) is 0 Å². The maximum atomic E-state index is 12.5. The van der Waals surface area contributed by atoms with E-state index in [1.165, 1.54) is 0 Å². The first-order chi connectivity index (χ1) is 9.99. The molecule has 4 heteroatoms. The smallest absolute Gasteiger partial charge is 0.188 e. The Hall–Kier alpha value is -1.55. The first-order valence-corrected chi connectivity index (χ1v) is 8.16. The summed E-state index contributed by atoms with van der Waals surface area (Å²) in [6.45, 7) is 9.03. The second-order valence-electron chi connectivity index (χ2n) is 5.42. The number of nitrogens with zero attached hydrogens (tertiary/aromatic N) is 2. The highest BCUT2D eigenvalue weighted by atomic mass is 32.2. The molecule has 0 spiro atoms. The SMILES string of the molecule is CCCCN1N=C(C)S/C1=C\C(=O)c1cc(C)cc(C)c1. The van der Waals surface area contributed by atoms with E-state index in [1.54, 1.807) is 17.8 Å². The Kier molecular flexibility index (Phi) is 5.23. The molecule has 0 aliphatic carbocycles. The number of carbonyl (C=O) groups is 1. The Labute approximate surface area is 131 Å². The fourth-order valence-electron chi connectivity index (χ4n) is 2.33. The van der Waals surface area contributed by atoms with Gasteiger partial charge in [-0.05, 0) is 39.3 Å². The summed E-state index contributed by atoms with van der Waals surface area (Å²) in [5, 5.41) is 8.36. The highest BCUT2D eigenvalue weighted by Gasteiger charge is 2.19. The number of hydrazone groups is 1. The van der Waals surface area contributed by atoms with Crippen molar-refractivity contribution in [2.24, 2.45) is 5.10 Å². The first-order valence-electron chi connectivity index (χ1n) is 7.34. The highest BCUT2D eigenvalue weighted by Crippen LogP contribution is 2.30. The number of carbonyl (C=O) groups excluding carboxylic acids is 1. The van der Waals surface area contributed by atoms with Gasteiger partial charge >= 0.3 is 0 Å². The summed E-state index contributed by atoms with van der Waals surface area (Å²) in [4.78, 5) is 12.5. The topological polar surface area (TPSA) is 32.7 Å². The van der Waals surface area contributed by atoms with Crippen molar-refractivity contribution in [3.05, 3.63) is 46.0 Å². The van der Waals surface area contributed by atoms with Crippen LogP contribution in [0.1, 0.15) is 48.2 Å². The summed E-state index contributed by atoms with van der Waals surface area (Å²) < 4.78 is 0. The van der Waals surface area contributed by atoms with Crippen LogP contribution in [0.3, 0.4) is 0 Å². The lowest BCUT2D eigenvalue weighted by Crippen LogP contribution is -2.14. The van der Waals surface area contributed by atoms with E-state index in [-0.39, 0.29) is 5.78 Å². The average molecular weight is 302 g/mol. The van der Waals surface area contributed by atoms with Gasteiger partial charge in [0.1, 0.15) is 5.03 Å². The molecular weight excluding hydrogens is 280 g/mol. The largest absolute Gasteiger partial charge is 0.289 e. The van der Waals surface area contributed by atoms with Crippen LogP contribution in [0.25, 0.3) is 0 Å². The lowest BCUT2D eigenvalue weighted by molar-refractivity contribution is 0.104. The zero-order valence-electron chi connectivity index (χ0n) is 13.1. The fraction of sp³-hybridized carbons (Fsp3) is 0.412. The molecule has 0 radical (unpaired) electrons. The molecule has 21 heavy (non-hydrogen) atoms. The molecule has 0 atom stereocenters. The first kappa shape index (κ1) is 15.8. The van der Waals surface area contributed by atoms with E-state index in [4.69, 9.17) is 0 Å². The highest BCUT2D eigenvalue weighted by molar-refractivity contribution is 8.17. The van der Waals surface area contributed by atoms with Crippen molar-refractivity contribution in [2.75, 3.05) is 6.54 Å². The normalized spacial score (nSPS) is 16.5. The van der Waals surface area contributed by atoms with E-state index in [1.807, 2.05) is 37.9 Å². The van der Waals surface area contributed by atoms with Crippen molar-refractivity contribution < 1.29 is 4.79 Å². The van der Waals surface area contributed by atoms with Crippen LogP contribution in [0.15, 0.2) is 34.4 Å². The van der Waals surface area contributed by atoms with Gasteiger partial charge in [-0.2, -0.15) is 5.10 Å². The number of ketones is 1. The Balaban J connectivity index is 2.19. The van der Waals surface area contributed by atoms with Gasteiger partial charge in [0.2, 0.25) is 0 Å². The minimum atomic E-state index is 0.0516. The van der Waals surface area contributed by atoms with Crippen molar-refractivity contribution in [1.82, 2.24) is 5.01 Å². The number of aryl methyl sites for hydroxylation is 2. The molecule has 0 fully saturated rings. The van der Waals surface area contributed by atoms with Crippen LogP contribution < -0.4 is 0 Å². The Bertz CT molecular complexity index is 585. The van der Waals surface area contributed by atoms with E-state index in [0.717, 1.165) is 46.1 Å². The molecular formula is C17H22N2OS. The van der Waals surface area contributed by atoms with E-state index >= 15 is 0 Å². The maximum Gasteiger partial charge on any atom is 0.188 e. The minimum absolute atomic E-state index is 0.0516. The molecule has 1 heterocycles. The Morgan fingerprint density at radius 1 is 1.24 bits per heavy atom. The number of allylic oxidation sites excluding steroid dienone is 1. The van der Waals surface area contributed by atoms with Crippen LogP contribution >= 0.6 is 11.8 Å². The molecule has 0 aromatic heterocycles. The quantitative estimate of drug-likeness (QED) is 0.592. The Morgan fingerprint density at radius 3 is 2.52 bits per heavy atom. The molecule has 112 valence electrons. The van der Waals surface area contributed by atoms with E-state index in [2.05, 4.69) is 18.1 Å². The predicted molar refractivity (Wildman–Crippen MR) is 90.6 cm³/mol. The van der Waals surface area contributed by atoms with Crippen LogP contribution in [0.4, 0.5) is 0 Å². The second kappa shape index (κ2) is 6.94. The molecule has 1 aromatic carbocycles. The number of rotatable bonds is 5. The lowest BCUT2D eigenvalue weighted by atomic mass is 10.0. The van der Waals surface area contributed by atoms with Gasteiger partial charge in [0, 0.05) is 18.2 Å². The molecule has 0 amide bonds. The van der Waals surface area contributed by atoms with Crippen LogP contribution in [0.5, 0.6) is 0 Å². The van der Waals surface area contributed by atoms with Crippen molar-refractivity contribution in [1.29, 1.82) is 0 Å². The third-order valence-electron chi connectivity index (χ3n) is 3.25. The van der Waals surface area contributed by atoms with Crippen molar-refractivity contribution in [2.45, 2.75) is 40.5 Å². The van der Waals surface area contributed by atoms with Crippen LogP contribution in [-0.4, -0.2) is 22.4 Å². The molecule has 0 N–H and O–H groups in total. The summed E-state index contributed by atoms with van der Waals surface area (Å²) in [7, 11) is 0. The molecule has 2 rings (SSSR count). The van der Waals surface area contributed by atoms with Crippen LogP contribution in [0, 0.1) is 13.8 Å². The van der Waals surface area contributed by atoms with Crippen molar-refractivity contribution >= 4 is 22.6 Å². The number of unbranched alkanes of at least 4 members (excludes halogenated alkanes) is 1. The lowest BCUT2D eigenvalue weighted by Gasteiger charge is -2.14. The minimum Gasteiger partial charge on any atom is -0.289 e. The zero-order chi connectivity index (χ0) is 15.4. The molecule has 1 aliphatic rings. The fourth-order valence-corrected chi connectivity index (χ4v) is 3.17. The second-order valence-corrected chi connectivity index (χ2v) is 6.63. The van der Waals surface area contributed by atoms with Crippen LogP contribution in [-0.2, 0) is 0 Å². The predicted octanol–water partition coefficient (Wildman–Crippen LogP) is 4.51. The molecule has 0 bridgehead atoms.